The molecule has 0 atom stereocenters. The quantitative estimate of drug-likeness (QED) is 0.563. The molecule has 1 aromatic rings. The van der Waals surface area contributed by atoms with Crippen molar-refractivity contribution in [2.24, 2.45) is 0 Å². The number of ether oxygens (including phenoxy) is 1. The van der Waals surface area contributed by atoms with E-state index in [1.54, 1.807) is 13.0 Å². The molecule has 0 spiro atoms. The van der Waals surface area contributed by atoms with Crippen LogP contribution >= 0.6 is 45.2 Å². The maximum Gasteiger partial charge on any atom is 0.338 e. The highest BCUT2D eigenvalue weighted by molar-refractivity contribution is 14.1. The minimum absolute atomic E-state index is 0.307. The molecule has 0 saturated heterocycles. The third-order valence-electron chi connectivity index (χ3n) is 1.30. The number of halogens is 2. The van der Waals surface area contributed by atoms with E-state index >= 15 is 0 Å². The maximum absolute atomic E-state index is 11.3. The van der Waals surface area contributed by atoms with Crippen molar-refractivity contribution < 1.29 is 9.53 Å². The van der Waals surface area contributed by atoms with Crippen LogP contribution in [-0.4, -0.2) is 12.6 Å². The molecule has 1 radical (unpaired) electrons. The molecule has 0 aliphatic carbocycles. The molecule has 0 bridgehead atoms. The van der Waals surface area contributed by atoms with Crippen molar-refractivity contribution in [3.05, 3.63) is 30.9 Å². The first-order valence-corrected chi connectivity index (χ1v) is 5.84. The fraction of sp³-hybridized carbons (Fsp3) is 0.222. The van der Waals surface area contributed by atoms with Crippen LogP contribution in [0.5, 0.6) is 0 Å². The third kappa shape index (κ3) is 3.41. The van der Waals surface area contributed by atoms with Crippen LogP contribution in [0.2, 0.25) is 0 Å². The smallest absolute Gasteiger partial charge is 0.338 e. The van der Waals surface area contributed by atoms with Crippen LogP contribution in [0.25, 0.3) is 0 Å². The first-order chi connectivity index (χ1) is 6.13. The predicted octanol–water partition coefficient (Wildman–Crippen LogP) is 2.87. The summed E-state index contributed by atoms with van der Waals surface area (Å²) in [4.78, 5) is 11.3. The Balaban J connectivity index is 2.94. The molecule has 0 N–H and O–H groups in total. The van der Waals surface area contributed by atoms with Crippen LogP contribution in [-0.2, 0) is 4.74 Å². The summed E-state index contributed by atoms with van der Waals surface area (Å²) in [6, 6.07) is 6.65. The van der Waals surface area contributed by atoms with Gasteiger partial charge in [0.15, 0.2) is 0 Å². The summed E-state index contributed by atoms with van der Waals surface area (Å²) in [6.07, 6.45) is 0. The van der Waals surface area contributed by atoms with Crippen molar-refractivity contribution in [3.8, 4) is 0 Å². The van der Waals surface area contributed by atoms with E-state index in [-0.39, 0.29) is 5.97 Å². The van der Waals surface area contributed by atoms with E-state index in [0.29, 0.717) is 12.2 Å². The Kier molecular flexibility index (Phi) is 4.43. The fourth-order valence-electron chi connectivity index (χ4n) is 0.820. The summed E-state index contributed by atoms with van der Waals surface area (Å²) in [7, 11) is 0. The molecule has 0 aromatic heterocycles. The second-order valence-electron chi connectivity index (χ2n) is 2.28. The lowest BCUT2D eigenvalue weighted by atomic mass is 10.2. The van der Waals surface area contributed by atoms with Crippen LogP contribution in [0.3, 0.4) is 0 Å². The van der Waals surface area contributed by atoms with Gasteiger partial charge in [0, 0.05) is 13.2 Å². The molecule has 0 aliphatic heterocycles. The Labute approximate surface area is 104 Å². The first kappa shape index (κ1) is 11.2. The number of carbonyl (C=O) groups excluding carboxylic acids is 1. The van der Waals surface area contributed by atoms with Gasteiger partial charge in [-0.05, 0) is 64.2 Å². The highest BCUT2D eigenvalue weighted by Crippen LogP contribution is 2.14. The Hall–Kier alpha value is 0.150. The lowest BCUT2D eigenvalue weighted by Crippen LogP contribution is -2.05. The van der Waals surface area contributed by atoms with Crippen LogP contribution in [0.1, 0.15) is 17.3 Å². The number of esters is 1. The number of rotatable bonds is 2. The van der Waals surface area contributed by atoms with Crippen LogP contribution in [0.15, 0.2) is 12.1 Å². The Morgan fingerprint density at radius 1 is 1.54 bits per heavy atom. The molecule has 0 heterocycles. The van der Waals surface area contributed by atoms with Gasteiger partial charge in [-0.25, -0.2) is 4.79 Å². The van der Waals surface area contributed by atoms with Crippen molar-refractivity contribution in [1.29, 1.82) is 0 Å². The number of carbonyl (C=O) groups is 1. The number of hydrogen-bond donors (Lipinski definition) is 0. The zero-order chi connectivity index (χ0) is 9.84. The molecular formula is C9H7I2O2. The van der Waals surface area contributed by atoms with Gasteiger partial charge in [0.1, 0.15) is 0 Å². The van der Waals surface area contributed by atoms with Crippen molar-refractivity contribution in [2.75, 3.05) is 6.61 Å². The summed E-state index contributed by atoms with van der Waals surface area (Å²) in [6.45, 7) is 2.19. The molecule has 0 saturated carbocycles. The highest BCUT2D eigenvalue weighted by atomic mass is 127. The zero-order valence-electron chi connectivity index (χ0n) is 6.93. The van der Waals surface area contributed by atoms with Crippen molar-refractivity contribution in [1.82, 2.24) is 0 Å². The third-order valence-corrected chi connectivity index (χ3v) is 2.50. The van der Waals surface area contributed by atoms with Gasteiger partial charge in [-0.3, -0.25) is 0 Å². The lowest BCUT2D eigenvalue weighted by molar-refractivity contribution is 0.0526. The lowest BCUT2D eigenvalue weighted by Gasteiger charge is -2.02. The van der Waals surface area contributed by atoms with Gasteiger partial charge in [0.05, 0.1) is 12.2 Å². The normalized spacial score (nSPS) is 9.77. The molecule has 0 unspecified atom stereocenters. The summed E-state index contributed by atoms with van der Waals surface area (Å²) >= 11 is 4.28. The van der Waals surface area contributed by atoms with Crippen molar-refractivity contribution in [2.45, 2.75) is 6.92 Å². The standard InChI is InChI=1S/C9H7I2O2/c1-2-13-9(12)6-3-7(10)5-8(11)4-6/h3,5H,2H2,1H3. The van der Waals surface area contributed by atoms with E-state index < -0.39 is 0 Å². The zero-order valence-corrected chi connectivity index (χ0v) is 11.2. The maximum atomic E-state index is 11.3. The summed E-state index contributed by atoms with van der Waals surface area (Å²) in [5.74, 6) is -0.307. The molecule has 13 heavy (non-hydrogen) atoms. The van der Waals surface area contributed by atoms with Crippen molar-refractivity contribution >= 4 is 51.2 Å². The largest absolute Gasteiger partial charge is 0.462 e. The van der Waals surface area contributed by atoms with Gasteiger partial charge in [0.25, 0.3) is 0 Å². The van der Waals surface area contributed by atoms with Gasteiger partial charge in [-0.2, -0.15) is 0 Å². The Bertz CT molecular complexity index is 303. The van der Waals surface area contributed by atoms with E-state index in [9.17, 15) is 4.79 Å². The molecule has 1 aromatic carbocycles. The monoisotopic (exact) mass is 401 g/mol. The second kappa shape index (κ2) is 5.14. The second-order valence-corrected chi connectivity index (χ2v) is 4.69. The molecular weight excluding hydrogens is 394 g/mol. The van der Waals surface area contributed by atoms with Gasteiger partial charge in [0.2, 0.25) is 0 Å². The van der Waals surface area contributed by atoms with E-state index in [2.05, 4.69) is 51.2 Å². The van der Waals surface area contributed by atoms with E-state index in [4.69, 9.17) is 4.74 Å². The van der Waals surface area contributed by atoms with Gasteiger partial charge >= 0.3 is 5.97 Å². The minimum atomic E-state index is -0.307. The minimum Gasteiger partial charge on any atom is -0.462 e. The summed E-state index contributed by atoms with van der Waals surface area (Å²) < 4.78 is 6.80. The highest BCUT2D eigenvalue weighted by Gasteiger charge is 2.07. The predicted molar refractivity (Wildman–Crippen MR) is 66.7 cm³/mol. The van der Waals surface area contributed by atoms with Gasteiger partial charge < -0.3 is 4.74 Å². The molecule has 0 fully saturated rings. The summed E-state index contributed by atoms with van der Waals surface area (Å²) in [5.41, 5.74) is 0.498. The average molecular weight is 401 g/mol. The SMILES string of the molecule is CCOC(=O)c1[c]c(I)cc(I)c1. The van der Waals surface area contributed by atoms with Crippen LogP contribution < -0.4 is 0 Å². The van der Waals surface area contributed by atoms with Crippen LogP contribution in [0, 0.1) is 13.2 Å². The van der Waals surface area contributed by atoms with Crippen LogP contribution in [0.4, 0.5) is 0 Å². The number of hydrogen-bond acceptors (Lipinski definition) is 2. The molecule has 1 rings (SSSR count). The number of benzene rings is 1. The Morgan fingerprint density at radius 3 is 2.77 bits per heavy atom. The van der Waals surface area contributed by atoms with E-state index in [1.807, 2.05) is 6.07 Å². The molecule has 4 heteroatoms. The Morgan fingerprint density at radius 2 is 2.23 bits per heavy atom. The molecule has 69 valence electrons. The van der Waals surface area contributed by atoms with Crippen molar-refractivity contribution in [3.63, 3.8) is 0 Å². The van der Waals surface area contributed by atoms with Gasteiger partial charge in [-0.1, -0.05) is 0 Å². The van der Waals surface area contributed by atoms with E-state index in [1.165, 1.54) is 0 Å². The first-order valence-electron chi connectivity index (χ1n) is 3.69. The molecule has 0 amide bonds. The fourth-order valence-corrected chi connectivity index (χ4v) is 2.66. The summed E-state index contributed by atoms with van der Waals surface area (Å²) in [5, 5.41) is 0. The topological polar surface area (TPSA) is 26.3 Å². The van der Waals surface area contributed by atoms with E-state index in [0.717, 1.165) is 7.14 Å². The molecule has 2 nitrogen and oxygen atoms in total. The van der Waals surface area contributed by atoms with Gasteiger partial charge in [-0.15, -0.1) is 0 Å². The average Bonchev–Trinajstić information content (AvgIpc) is 2.03. The molecule has 0 aliphatic rings.